The number of carbonyl (C=O) groups is 7. The van der Waals surface area contributed by atoms with Crippen molar-refractivity contribution < 1.29 is 43.8 Å². The molecule has 0 bridgehead atoms. The minimum absolute atomic E-state index is 0.0505. The molecule has 1 fully saturated rings. The fourth-order valence-electron chi connectivity index (χ4n) is 6.67. The quantitative estimate of drug-likeness (QED) is 0.147. The second-order valence-corrected chi connectivity index (χ2v) is 15.2. The molecular weight excluding hydrogens is 747 g/mol. The van der Waals surface area contributed by atoms with Gasteiger partial charge in [-0.25, -0.2) is 9.59 Å². The van der Waals surface area contributed by atoms with Gasteiger partial charge in [0.05, 0.1) is 6.61 Å². The highest BCUT2D eigenvalue weighted by Gasteiger charge is 2.36. The molecule has 2 aromatic carbocycles. The van der Waals surface area contributed by atoms with Gasteiger partial charge >= 0.3 is 12.0 Å². The van der Waals surface area contributed by atoms with E-state index in [1.165, 1.54) is 11.9 Å². The Bertz CT molecular complexity index is 1680. The normalized spacial score (nSPS) is 22.8. The number of likely N-dealkylation sites (N-methyl/N-ethyl adjacent to an activating group) is 1. The van der Waals surface area contributed by atoms with Gasteiger partial charge in [0.1, 0.15) is 36.3 Å². The predicted molar refractivity (Wildman–Crippen MR) is 217 cm³/mol. The third kappa shape index (κ3) is 14.5. The number of benzene rings is 2. The van der Waals surface area contributed by atoms with Crippen molar-refractivity contribution in [1.82, 2.24) is 36.8 Å². The molecule has 8 N–H and O–H groups in total. The average molecular weight is 808 g/mol. The SMILES string of the molecule is CCC(C)C(NC(=O)NC1CCCCNC(=O)C(CO)NC(=O)C(CCc2ccccc2)N(C)C(=O)C(CCc2ccccc2)NC(=O)C(C(C)C)NC1=O)C(=O)O. The van der Waals surface area contributed by atoms with Crippen LogP contribution < -0.4 is 31.9 Å². The number of amides is 7. The minimum atomic E-state index is -1.34. The van der Waals surface area contributed by atoms with Gasteiger partial charge < -0.3 is 47.0 Å². The monoisotopic (exact) mass is 807 g/mol. The Morgan fingerprint density at radius 3 is 1.93 bits per heavy atom. The summed E-state index contributed by atoms with van der Waals surface area (Å²) in [4.78, 5) is 95.9. The molecule has 2 aromatic rings. The fraction of sp³-hybridized carbons (Fsp3) is 0.548. The van der Waals surface area contributed by atoms with Gasteiger partial charge in [-0.3, -0.25) is 24.0 Å². The van der Waals surface area contributed by atoms with E-state index in [1.807, 2.05) is 60.7 Å². The number of carboxylic acids is 1. The molecule has 1 saturated heterocycles. The number of nitrogens with one attached hydrogen (secondary N) is 6. The number of nitrogens with zero attached hydrogens (tertiary/aromatic N) is 1. The van der Waals surface area contributed by atoms with Gasteiger partial charge in [-0.2, -0.15) is 0 Å². The van der Waals surface area contributed by atoms with Crippen molar-refractivity contribution in [3.8, 4) is 0 Å². The molecule has 7 unspecified atom stereocenters. The maximum absolute atomic E-state index is 14.5. The van der Waals surface area contributed by atoms with Crippen LogP contribution in [0.25, 0.3) is 0 Å². The molecule has 1 aliphatic heterocycles. The lowest BCUT2D eigenvalue weighted by molar-refractivity contribution is -0.143. The highest BCUT2D eigenvalue weighted by Crippen LogP contribution is 2.16. The summed E-state index contributed by atoms with van der Waals surface area (Å²) >= 11 is 0. The first-order valence-electron chi connectivity index (χ1n) is 20.1. The van der Waals surface area contributed by atoms with Gasteiger partial charge in [-0.15, -0.1) is 0 Å². The highest BCUT2D eigenvalue weighted by atomic mass is 16.4. The van der Waals surface area contributed by atoms with Crippen molar-refractivity contribution in [1.29, 1.82) is 0 Å². The van der Waals surface area contributed by atoms with Crippen molar-refractivity contribution in [3.05, 3.63) is 71.8 Å². The van der Waals surface area contributed by atoms with Gasteiger partial charge in [0.2, 0.25) is 29.5 Å². The first-order valence-corrected chi connectivity index (χ1v) is 20.1. The number of carbonyl (C=O) groups excluding carboxylic acids is 6. The average Bonchev–Trinajstić information content (AvgIpc) is 3.21. The Hall–Kier alpha value is -5.51. The van der Waals surface area contributed by atoms with E-state index in [9.17, 15) is 43.8 Å². The predicted octanol–water partition coefficient (Wildman–Crippen LogP) is 1.65. The molecule has 0 saturated carbocycles. The van der Waals surface area contributed by atoms with E-state index in [2.05, 4.69) is 31.9 Å². The molecule has 0 radical (unpaired) electrons. The highest BCUT2D eigenvalue weighted by molar-refractivity contribution is 5.96. The summed E-state index contributed by atoms with van der Waals surface area (Å²) in [6.45, 7) is 6.28. The van der Waals surface area contributed by atoms with Gasteiger partial charge in [0.15, 0.2) is 0 Å². The maximum atomic E-state index is 14.5. The van der Waals surface area contributed by atoms with E-state index >= 15 is 0 Å². The number of aliphatic hydroxyl groups excluding tert-OH is 1. The molecule has 7 amide bonds. The van der Waals surface area contributed by atoms with E-state index < -0.39 is 96.2 Å². The molecule has 58 heavy (non-hydrogen) atoms. The second-order valence-electron chi connectivity index (χ2n) is 15.2. The summed E-state index contributed by atoms with van der Waals surface area (Å²) < 4.78 is 0. The Morgan fingerprint density at radius 1 is 0.793 bits per heavy atom. The van der Waals surface area contributed by atoms with E-state index in [-0.39, 0.29) is 25.8 Å². The lowest BCUT2D eigenvalue weighted by Crippen LogP contribution is -2.61. The molecule has 1 heterocycles. The van der Waals surface area contributed by atoms with Gasteiger partial charge in [-0.05, 0) is 67.9 Å². The number of urea groups is 1. The van der Waals surface area contributed by atoms with Gasteiger partial charge in [0, 0.05) is 13.6 Å². The Balaban J connectivity index is 2.00. The molecule has 0 spiro atoms. The number of aliphatic hydroxyl groups is 1. The molecule has 7 atom stereocenters. The molecule has 3 rings (SSSR count). The summed E-state index contributed by atoms with van der Waals surface area (Å²) in [5.74, 6) is -5.39. The number of aryl methyl sites for hydroxylation is 2. The number of hydrogen-bond donors (Lipinski definition) is 8. The zero-order valence-electron chi connectivity index (χ0n) is 34.2. The molecule has 1 aliphatic rings. The summed E-state index contributed by atoms with van der Waals surface area (Å²) in [5, 5.41) is 35.8. The second kappa shape index (κ2) is 23.7. The first kappa shape index (κ1) is 46.9. The Morgan fingerprint density at radius 2 is 1.38 bits per heavy atom. The van der Waals surface area contributed by atoms with Gasteiger partial charge in [0.25, 0.3) is 0 Å². The van der Waals surface area contributed by atoms with Crippen molar-refractivity contribution >= 4 is 41.5 Å². The zero-order chi connectivity index (χ0) is 42.8. The number of aliphatic carboxylic acids is 1. The molecule has 318 valence electrons. The van der Waals surface area contributed by atoms with Crippen LogP contribution in [0, 0.1) is 11.8 Å². The fourth-order valence-corrected chi connectivity index (χ4v) is 6.67. The number of hydrogen-bond acceptors (Lipinski definition) is 8. The van der Waals surface area contributed by atoms with Crippen LogP contribution >= 0.6 is 0 Å². The number of rotatable bonds is 13. The van der Waals surface area contributed by atoms with Crippen LogP contribution in [0.5, 0.6) is 0 Å². The Labute approximate surface area is 340 Å². The van der Waals surface area contributed by atoms with Crippen molar-refractivity contribution in [2.45, 2.75) is 115 Å². The van der Waals surface area contributed by atoms with Crippen molar-refractivity contribution in [2.24, 2.45) is 11.8 Å². The van der Waals surface area contributed by atoms with E-state index in [1.54, 1.807) is 27.7 Å². The van der Waals surface area contributed by atoms with Crippen LogP contribution in [0.1, 0.15) is 77.3 Å². The third-order valence-corrected chi connectivity index (χ3v) is 10.5. The molecule has 16 heteroatoms. The summed E-state index contributed by atoms with van der Waals surface area (Å²) in [6, 6.07) is 10.6. The van der Waals surface area contributed by atoms with Crippen LogP contribution in [0.4, 0.5) is 4.79 Å². The largest absolute Gasteiger partial charge is 0.480 e. The molecule has 0 aromatic heterocycles. The summed E-state index contributed by atoms with van der Waals surface area (Å²) in [6.07, 6.45) is 2.22. The smallest absolute Gasteiger partial charge is 0.326 e. The van der Waals surface area contributed by atoms with Crippen molar-refractivity contribution in [3.63, 3.8) is 0 Å². The third-order valence-electron chi connectivity index (χ3n) is 10.5. The lowest BCUT2D eigenvalue weighted by Gasteiger charge is -2.33. The van der Waals surface area contributed by atoms with E-state index in [0.717, 1.165) is 11.1 Å². The van der Waals surface area contributed by atoms with Crippen LogP contribution in [0.15, 0.2) is 60.7 Å². The summed E-state index contributed by atoms with van der Waals surface area (Å²) in [5.41, 5.74) is 1.81. The topological polar surface area (TPSA) is 235 Å². The number of carboxylic acid groups (broad SMARTS) is 1. The standard InChI is InChI=1S/C42H61N7O9/c1-6-27(4)35(41(56)57)48-42(58)46-30-19-13-14-24-43-36(51)32(25-50)45-38(53)33(23-21-29-17-11-8-12-18-29)49(5)40(55)31(22-20-28-15-9-7-10-16-28)44-39(54)34(26(2)3)47-37(30)52/h7-12,15-18,26-27,30-35,50H,6,13-14,19-25H2,1-5H3,(H,43,51)(H,44,54)(H,45,53)(H,47,52)(H,56,57)(H2,46,48,58). The molecular formula is C42H61N7O9. The molecule has 16 nitrogen and oxygen atoms in total. The molecule has 0 aliphatic carbocycles. The summed E-state index contributed by atoms with van der Waals surface area (Å²) in [7, 11) is 1.45. The van der Waals surface area contributed by atoms with Crippen molar-refractivity contribution in [2.75, 3.05) is 20.2 Å². The lowest BCUT2D eigenvalue weighted by atomic mass is 9.98. The van der Waals surface area contributed by atoms with E-state index in [4.69, 9.17) is 0 Å². The van der Waals surface area contributed by atoms with Crippen LogP contribution in [0.2, 0.25) is 0 Å². The first-order chi connectivity index (χ1) is 27.7. The van der Waals surface area contributed by atoms with E-state index in [0.29, 0.717) is 32.1 Å². The zero-order valence-corrected chi connectivity index (χ0v) is 34.2. The van der Waals surface area contributed by atoms with Crippen LogP contribution in [-0.4, -0.2) is 113 Å². The Kier molecular flexibility index (Phi) is 19.1. The van der Waals surface area contributed by atoms with Gasteiger partial charge in [-0.1, -0.05) is 94.8 Å². The van der Waals surface area contributed by atoms with Crippen LogP contribution in [0.3, 0.4) is 0 Å². The van der Waals surface area contributed by atoms with Crippen LogP contribution in [-0.2, 0) is 41.6 Å². The maximum Gasteiger partial charge on any atom is 0.326 e. The minimum Gasteiger partial charge on any atom is -0.480 e.